The summed E-state index contributed by atoms with van der Waals surface area (Å²) in [6, 6.07) is 9.40. The van der Waals surface area contributed by atoms with Gasteiger partial charge in [-0.2, -0.15) is 10.2 Å². The molecule has 8 nitrogen and oxygen atoms in total. The number of methoxy groups -OCH3 is 1. The number of nitrogens with one attached hydrogen (secondary N) is 1. The molecule has 0 saturated heterocycles. The third kappa shape index (κ3) is 4.01. The summed E-state index contributed by atoms with van der Waals surface area (Å²) in [5.74, 6) is 1.12. The van der Waals surface area contributed by atoms with Gasteiger partial charge < -0.3 is 10.1 Å². The highest BCUT2D eigenvalue weighted by Crippen LogP contribution is 2.22. The predicted molar refractivity (Wildman–Crippen MR) is 109 cm³/mol. The van der Waals surface area contributed by atoms with Crippen molar-refractivity contribution in [1.82, 2.24) is 24.7 Å². The van der Waals surface area contributed by atoms with Crippen LogP contribution in [0.15, 0.2) is 35.1 Å². The number of nitrogens with zero attached hydrogens (tertiary/aromatic N) is 4. The Morgan fingerprint density at radius 3 is 2.59 bits per heavy atom. The Kier molecular flexibility index (Phi) is 5.33. The molecule has 8 heteroatoms. The Bertz CT molecular complexity index is 1080. The molecule has 1 aromatic carbocycles. The van der Waals surface area contributed by atoms with Crippen molar-refractivity contribution >= 4 is 11.4 Å². The van der Waals surface area contributed by atoms with Crippen LogP contribution in [0.3, 0.4) is 0 Å². The fourth-order valence-electron chi connectivity index (χ4n) is 3.84. The Balaban J connectivity index is 1.60. The van der Waals surface area contributed by atoms with Crippen molar-refractivity contribution in [2.24, 2.45) is 0 Å². The van der Waals surface area contributed by atoms with Crippen LogP contribution in [0.1, 0.15) is 37.9 Å². The lowest BCUT2D eigenvalue weighted by atomic mass is 9.95. The molecule has 3 aromatic rings. The lowest BCUT2D eigenvalue weighted by molar-refractivity contribution is -0.122. The van der Waals surface area contributed by atoms with Gasteiger partial charge in [-0.25, -0.2) is 9.20 Å². The summed E-state index contributed by atoms with van der Waals surface area (Å²) in [5.41, 5.74) is 1.60. The molecule has 0 radical (unpaired) electrons. The van der Waals surface area contributed by atoms with E-state index in [1.54, 1.807) is 20.1 Å². The van der Waals surface area contributed by atoms with Gasteiger partial charge in [0.25, 0.3) is 5.56 Å². The van der Waals surface area contributed by atoms with Gasteiger partial charge in [-0.15, -0.1) is 0 Å². The van der Waals surface area contributed by atoms with E-state index in [4.69, 9.17) is 4.74 Å². The summed E-state index contributed by atoms with van der Waals surface area (Å²) in [6.07, 6.45) is 5.50. The molecule has 29 heavy (non-hydrogen) atoms. The summed E-state index contributed by atoms with van der Waals surface area (Å²) in [4.78, 5) is 25.3. The van der Waals surface area contributed by atoms with Gasteiger partial charge >= 0.3 is 0 Å². The molecule has 152 valence electrons. The van der Waals surface area contributed by atoms with Crippen LogP contribution in [0.25, 0.3) is 16.8 Å². The minimum absolute atomic E-state index is 0.0876. The summed E-state index contributed by atoms with van der Waals surface area (Å²) in [7, 11) is 1.61. The first kappa shape index (κ1) is 19.2. The number of aromatic nitrogens is 4. The van der Waals surface area contributed by atoms with E-state index in [2.05, 4.69) is 15.5 Å². The van der Waals surface area contributed by atoms with Crippen molar-refractivity contribution in [1.29, 1.82) is 0 Å². The van der Waals surface area contributed by atoms with Gasteiger partial charge in [-0.05, 0) is 50.1 Å². The van der Waals surface area contributed by atoms with Crippen LogP contribution in [0.5, 0.6) is 5.75 Å². The highest BCUT2D eigenvalue weighted by Gasteiger charge is 2.18. The second-order valence-electron chi connectivity index (χ2n) is 7.47. The van der Waals surface area contributed by atoms with Crippen molar-refractivity contribution < 1.29 is 9.53 Å². The largest absolute Gasteiger partial charge is 0.497 e. The van der Waals surface area contributed by atoms with Crippen LogP contribution in [-0.4, -0.2) is 38.5 Å². The normalized spacial score (nSPS) is 14.8. The molecule has 0 bridgehead atoms. The highest BCUT2D eigenvalue weighted by atomic mass is 16.5. The van der Waals surface area contributed by atoms with Gasteiger partial charge in [0.05, 0.1) is 12.8 Å². The van der Waals surface area contributed by atoms with E-state index in [1.165, 1.54) is 15.6 Å². The molecule has 0 atom stereocenters. The minimum Gasteiger partial charge on any atom is -0.497 e. The molecule has 0 spiro atoms. The third-order valence-corrected chi connectivity index (χ3v) is 5.38. The Morgan fingerprint density at radius 1 is 1.17 bits per heavy atom. The lowest BCUT2D eigenvalue weighted by Crippen LogP contribution is -2.40. The standard InChI is InChI=1S/C21H25N5O3/c1-14-23-25(13-20(27)22-16-6-4-3-5-7-16)21(28)19-12-18(24-26(14)19)15-8-10-17(29-2)11-9-15/h8-12,16H,3-7,13H2,1-2H3,(H,22,27). The molecular formula is C21H25N5O3. The molecule has 1 N–H and O–H groups in total. The van der Waals surface area contributed by atoms with Gasteiger partial charge in [-0.1, -0.05) is 19.3 Å². The second-order valence-corrected chi connectivity index (χ2v) is 7.47. The molecule has 1 aliphatic carbocycles. The number of fused-ring (bicyclic) bond motifs is 1. The first-order valence-electron chi connectivity index (χ1n) is 9.96. The molecule has 1 saturated carbocycles. The molecule has 2 aromatic heterocycles. The van der Waals surface area contributed by atoms with Crippen LogP contribution in [0.4, 0.5) is 0 Å². The molecule has 2 heterocycles. The van der Waals surface area contributed by atoms with Crippen LogP contribution >= 0.6 is 0 Å². The van der Waals surface area contributed by atoms with Gasteiger partial charge in [-0.3, -0.25) is 9.59 Å². The molecular weight excluding hydrogens is 370 g/mol. The summed E-state index contributed by atoms with van der Waals surface area (Å²) in [6.45, 7) is 1.68. The number of amides is 1. The third-order valence-electron chi connectivity index (χ3n) is 5.38. The van der Waals surface area contributed by atoms with E-state index >= 15 is 0 Å². The zero-order valence-corrected chi connectivity index (χ0v) is 16.7. The minimum atomic E-state index is -0.332. The predicted octanol–water partition coefficient (Wildman–Crippen LogP) is 2.32. The molecule has 1 amide bonds. The number of carbonyl (C=O) groups is 1. The van der Waals surface area contributed by atoms with Crippen molar-refractivity contribution in [3.8, 4) is 17.0 Å². The van der Waals surface area contributed by atoms with Crippen LogP contribution in [0.2, 0.25) is 0 Å². The van der Waals surface area contributed by atoms with Crippen LogP contribution in [-0.2, 0) is 11.3 Å². The van der Waals surface area contributed by atoms with E-state index in [1.807, 2.05) is 24.3 Å². The van der Waals surface area contributed by atoms with E-state index < -0.39 is 0 Å². The molecule has 1 fully saturated rings. The van der Waals surface area contributed by atoms with Gasteiger partial charge in [0.2, 0.25) is 5.91 Å². The fraction of sp³-hybridized carbons (Fsp3) is 0.429. The maximum absolute atomic E-state index is 12.9. The van der Waals surface area contributed by atoms with Gasteiger partial charge in [0.15, 0.2) is 0 Å². The smallest absolute Gasteiger partial charge is 0.293 e. The average Bonchev–Trinajstić information content (AvgIpc) is 3.19. The summed E-state index contributed by atoms with van der Waals surface area (Å²) >= 11 is 0. The average molecular weight is 395 g/mol. The fourth-order valence-corrected chi connectivity index (χ4v) is 3.84. The number of benzene rings is 1. The topological polar surface area (TPSA) is 90.5 Å². The molecule has 0 unspecified atom stereocenters. The maximum atomic E-state index is 12.9. The van der Waals surface area contributed by atoms with Crippen LogP contribution < -0.4 is 15.6 Å². The number of hydrogen-bond donors (Lipinski definition) is 1. The Labute approximate surface area is 168 Å². The van der Waals surface area contributed by atoms with E-state index in [9.17, 15) is 9.59 Å². The van der Waals surface area contributed by atoms with E-state index in [0.29, 0.717) is 17.0 Å². The Morgan fingerprint density at radius 2 is 1.90 bits per heavy atom. The van der Waals surface area contributed by atoms with Gasteiger partial charge in [0, 0.05) is 11.6 Å². The first-order valence-corrected chi connectivity index (χ1v) is 9.96. The highest BCUT2D eigenvalue weighted by molar-refractivity contribution is 5.76. The number of ether oxygens (including phenoxy) is 1. The van der Waals surface area contributed by atoms with Crippen molar-refractivity contribution in [3.63, 3.8) is 0 Å². The van der Waals surface area contributed by atoms with Crippen molar-refractivity contribution in [2.75, 3.05) is 7.11 Å². The van der Waals surface area contributed by atoms with E-state index in [-0.39, 0.29) is 24.1 Å². The lowest BCUT2D eigenvalue weighted by Gasteiger charge is -2.22. The van der Waals surface area contributed by atoms with E-state index in [0.717, 1.165) is 37.0 Å². The Hall–Kier alpha value is -3.16. The maximum Gasteiger partial charge on any atom is 0.293 e. The molecule has 0 aliphatic heterocycles. The number of rotatable bonds is 5. The molecule has 4 rings (SSSR count). The monoisotopic (exact) mass is 395 g/mol. The number of aryl methyl sites for hydroxylation is 1. The summed E-state index contributed by atoms with van der Waals surface area (Å²) < 4.78 is 7.93. The second kappa shape index (κ2) is 8.06. The number of carbonyl (C=O) groups excluding carboxylic acids is 1. The van der Waals surface area contributed by atoms with Crippen molar-refractivity contribution in [3.05, 3.63) is 46.5 Å². The zero-order valence-electron chi connectivity index (χ0n) is 16.7. The SMILES string of the molecule is COc1ccc(-c2cc3c(=O)n(CC(=O)NC4CCCCC4)nc(C)n3n2)cc1. The quantitative estimate of drug-likeness (QED) is 0.716. The van der Waals surface area contributed by atoms with Gasteiger partial charge in [0.1, 0.15) is 23.6 Å². The first-order chi connectivity index (χ1) is 14.0. The van der Waals surface area contributed by atoms with Crippen LogP contribution in [0, 0.1) is 6.92 Å². The molecule has 1 aliphatic rings. The number of hydrogen-bond acceptors (Lipinski definition) is 5. The summed E-state index contributed by atoms with van der Waals surface area (Å²) in [5, 5.41) is 11.8. The van der Waals surface area contributed by atoms with Crippen molar-refractivity contribution in [2.45, 2.75) is 51.6 Å². The zero-order chi connectivity index (χ0) is 20.4.